The first-order valence-electron chi connectivity index (χ1n) is 23.1. The van der Waals surface area contributed by atoms with Gasteiger partial charge in [-0.2, -0.15) is 0 Å². The lowest BCUT2D eigenvalue weighted by Crippen LogP contribution is -2.03. The van der Waals surface area contributed by atoms with Crippen LogP contribution in [0.25, 0.3) is 43.8 Å². The Labute approximate surface area is 373 Å². The SMILES string of the molecule is CCCCCCCCCCOc1ccc(-c2ccc(Oc3c4c(=O)oc(=O)c4c(Oc4ccc(-c5ccc(OCCCCCCCCCC)cc5)cc4)c4c(=O)oc(=O)c34)cc2)cc1. The zero-order valence-electron chi connectivity index (χ0n) is 37.0. The smallest absolute Gasteiger partial charge is 0.350 e. The normalized spacial score (nSPS) is 11.4. The minimum Gasteiger partial charge on any atom is -0.494 e. The zero-order chi connectivity index (χ0) is 44.7. The predicted octanol–water partition coefficient (Wildman–Crippen LogP) is 13.5. The third-order valence-electron chi connectivity index (χ3n) is 11.7. The highest BCUT2D eigenvalue weighted by molar-refractivity contribution is 6.10. The van der Waals surface area contributed by atoms with E-state index in [0.29, 0.717) is 13.2 Å². The Bertz CT molecular complexity index is 2490. The van der Waals surface area contributed by atoms with Gasteiger partial charge in [-0.3, -0.25) is 0 Å². The molecule has 0 saturated carbocycles. The maximum atomic E-state index is 13.2. The van der Waals surface area contributed by atoms with Crippen LogP contribution in [0.4, 0.5) is 0 Å². The number of hydrogen-bond acceptors (Lipinski definition) is 10. The summed E-state index contributed by atoms with van der Waals surface area (Å²) >= 11 is 0. The van der Waals surface area contributed by atoms with Crippen molar-refractivity contribution in [2.24, 2.45) is 0 Å². The molecule has 334 valence electrons. The standard InChI is InChI=1S/C54H58O10/c1-3-5-7-9-11-13-15-17-35-59-41-27-19-37(20-28-41)39-23-31-43(32-24-39)61-49-45-47(53(57)63-51(45)55)50(48-46(49)52(56)64-54(48)58)62-44-33-25-40(26-34-44)38-21-29-42(30-22-38)60-36-18-16-14-12-10-8-6-4-2/h19-34H,3-18,35-36H2,1-2H3. The van der Waals surface area contributed by atoms with Gasteiger partial charge in [0, 0.05) is 0 Å². The second kappa shape index (κ2) is 22.8. The first-order chi connectivity index (χ1) is 31.3. The molecule has 0 N–H and O–H groups in total. The van der Waals surface area contributed by atoms with Crippen LogP contribution >= 0.6 is 0 Å². The first kappa shape index (κ1) is 45.6. The predicted molar refractivity (Wildman–Crippen MR) is 254 cm³/mol. The molecular weight excluding hydrogens is 809 g/mol. The molecule has 0 aliphatic carbocycles. The van der Waals surface area contributed by atoms with Gasteiger partial charge in [-0.1, -0.05) is 152 Å². The van der Waals surface area contributed by atoms with E-state index in [1.54, 1.807) is 24.3 Å². The van der Waals surface area contributed by atoms with E-state index in [0.717, 1.165) is 46.6 Å². The summed E-state index contributed by atoms with van der Waals surface area (Å²) in [5.74, 6) is 1.44. The molecule has 7 aromatic rings. The molecule has 0 aliphatic heterocycles. The third kappa shape index (κ3) is 11.6. The van der Waals surface area contributed by atoms with Gasteiger partial charge in [0.1, 0.15) is 44.5 Å². The molecule has 10 nitrogen and oxygen atoms in total. The second-order valence-corrected chi connectivity index (χ2v) is 16.5. The molecule has 0 bridgehead atoms. The Morgan fingerprint density at radius 2 is 0.578 bits per heavy atom. The minimum atomic E-state index is -1.04. The monoisotopic (exact) mass is 866 g/mol. The number of ether oxygens (including phenoxy) is 4. The lowest BCUT2D eigenvalue weighted by atomic mass is 10.0. The van der Waals surface area contributed by atoms with Crippen LogP contribution in [-0.2, 0) is 0 Å². The largest absolute Gasteiger partial charge is 0.494 e. The molecule has 0 amide bonds. The maximum Gasteiger partial charge on any atom is 0.350 e. The van der Waals surface area contributed by atoms with Gasteiger partial charge in [0.25, 0.3) is 0 Å². The lowest BCUT2D eigenvalue weighted by Gasteiger charge is -2.12. The fraction of sp³-hybridized carbons (Fsp3) is 0.370. The molecule has 5 aromatic carbocycles. The molecule has 0 fully saturated rings. The topological polar surface area (TPSA) is 131 Å². The molecule has 0 spiro atoms. The summed E-state index contributed by atoms with van der Waals surface area (Å²) in [6.45, 7) is 5.82. The number of unbranched alkanes of at least 4 members (excludes halogenated alkanes) is 14. The quantitative estimate of drug-likeness (QED) is 0.0485. The van der Waals surface area contributed by atoms with Gasteiger partial charge in [-0.15, -0.1) is 0 Å². The molecule has 0 atom stereocenters. The van der Waals surface area contributed by atoms with Crippen molar-refractivity contribution in [2.45, 2.75) is 117 Å². The molecule has 2 heterocycles. The summed E-state index contributed by atoms with van der Waals surface area (Å²) in [5.41, 5.74) is -0.532. The van der Waals surface area contributed by atoms with Gasteiger partial charge >= 0.3 is 22.5 Å². The fourth-order valence-electron chi connectivity index (χ4n) is 8.07. The Balaban J connectivity index is 1.01. The van der Waals surface area contributed by atoms with E-state index in [1.807, 2.05) is 72.8 Å². The van der Waals surface area contributed by atoms with E-state index in [4.69, 9.17) is 27.8 Å². The molecule has 0 radical (unpaired) electrons. The highest BCUT2D eigenvalue weighted by atomic mass is 16.5. The van der Waals surface area contributed by atoms with Crippen molar-refractivity contribution in [3.63, 3.8) is 0 Å². The Morgan fingerprint density at radius 3 is 0.859 bits per heavy atom. The summed E-state index contributed by atoms with van der Waals surface area (Å²) in [4.78, 5) is 52.9. The van der Waals surface area contributed by atoms with E-state index in [9.17, 15) is 19.2 Å². The first-order valence-corrected chi connectivity index (χ1v) is 23.1. The van der Waals surface area contributed by atoms with E-state index in [-0.39, 0.29) is 44.5 Å². The highest BCUT2D eigenvalue weighted by Crippen LogP contribution is 2.42. The molecule has 2 aromatic heterocycles. The fourth-order valence-corrected chi connectivity index (χ4v) is 8.07. The van der Waals surface area contributed by atoms with Crippen LogP contribution in [-0.4, -0.2) is 13.2 Å². The Hall–Kier alpha value is -6.42. The second-order valence-electron chi connectivity index (χ2n) is 16.5. The maximum absolute atomic E-state index is 13.2. The number of hydrogen-bond donors (Lipinski definition) is 0. The van der Waals surface area contributed by atoms with E-state index >= 15 is 0 Å². The van der Waals surface area contributed by atoms with E-state index in [2.05, 4.69) is 13.8 Å². The van der Waals surface area contributed by atoms with Crippen LogP contribution in [0.3, 0.4) is 0 Å². The zero-order valence-corrected chi connectivity index (χ0v) is 37.0. The summed E-state index contributed by atoms with van der Waals surface area (Å²) < 4.78 is 34.2. The number of fused-ring (bicyclic) bond motifs is 2. The van der Waals surface area contributed by atoms with Crippen molar-refractivity contribution in [3.05, 3.63) is 139 Å². The minimum absolute atomic E-state index is 0.241. The summed E-state index contributed by atoms with van der Waals surface area (Å²) in [5, 5.41) is -1.34. The van der Waals surface area contributed by atoms with Gasteiger partial charge in [0.15, 0.2) is 11.5 Å². The van der Waals surface area contributed by atoms with Crippen LogP contribution in [0, 0.1) is 0 Å². The van der Waals surface area contributed by atoms with E-state index < -0.39 is 22.5 Å². The van der Waals surface area contributed by atoms with Crippen molar-refractivity contribution >= 4 is 21.5 Å². The van der Waals surface area contributed by atoms with Crippen LogP contribution in [0.15, 0.2) is 125 Å². The van der Waals surface area contributed by atoms with Crippen molar-refractivity contribution in [2.75, 3.05) is 13.2 Å². The highest BCUT2D eigenvalue weighted by Gasteiger charge is 2.31. The third-order valence-corrected chi connectivity index (χ3v) is 11.7. The van der Waals surface area contributed by atoms with Crippen molar-refractivity contribution in [1.82, 2.24) is 0 Å². The van der Waals surface area contributed by atoms with Crippen LogP contribution in [0.5, 0.6) is 34.5 Å². The molecular formula is C54H58O10. The average Bonchev–Trinajstić information content (AvgIpc) is 3.79. The Kier molecular flexibility index (Phi) is 16.2. The average molecular weight is 867 g/mol. The van der Waals surface area contributed by atoms with Crippen LogP contribution < -0.4 is 41.4 Å². The number of rotatable bonds is 26. The Morgan fingerprint density at radius 1 is 0.328 bits per heavy atom. The van der Waals surface area contributed by atoms with Gasteiger partial charge < -0.3 is 27.8 Å². The van der Waals surface area contributed by atoms with Crippen LogP contribution in [0.2, 0.25) is 0 Å². The van der Waals surface area contributed by atoms with Crippen molar-refractivity contribution in [3.8, 4) is 56.8 Å². The van der Waals surface area contributed by atoms with Crippen molar-refractivity contribution in [1.29, 1.82) is 0 Å². The molecule has 0 aliphatic rings. The molecule has 7 rings (SSSR count). The number of furan rings is 2. The summed E-state index contributed by atoms with van der Waals surface area (Å²) in [6, 6.07) is 29.6. The summed E-state index contributed by atoms with van der Waals surface area (Å²) in [7, 11) is 0. The lowest BCUT2D eigenvalue weighted by molar-refractivity contribution is 0.304. The molecule has 10 heteroatoms. The van der Waals surface area contributed by atoms with Gasteiger partial charge in [0.05, 0.1) is 13.2 Å². The van der Waals surface area contributed by atoms with Crippen LogP contribution in [0.1, 0.15) is 117 Å². The summed E-state index contributed by atoms with van der Waals surface area (Å²) in [6.07, 6.45) is 19.9. The number of benzene rings is 5. The molecule has 0 saturated heterocycles. The van der Waals surface area contributed by atoms with E-state index in [1.165, 1.54) is 89.9 Å². The van der Waals surface area contributed by atoms with Gasteiger partial charge in [-0.25, -0.2) is 19.2 Å². The molecule has 0 unspecified atom stereocenters. The van der Waals surface area contributed by atoms with Crippen molar-refractivity contribution < 1.29 is 27.8 Å². The molecule has 64 heavy (non-hydrogen) atoms. The van der Waals surface area contributed by atoms with Gasteiger partial charge in [0.2, 0.25) is 0 Å². The van der Waals surface area contributed by atoms with Gasteiger partial charge in [-0.05, 0) is 83.6 Å².